The maximum atomic E-state index is 13.3. The van der Waals surface area contributed by atoms with Gasteiger partial charge in [-0.3, -0.25) is 9.59 Å². The second-order valence-corrected chi connectivity index (χ2v) is 12.2. The number of aryl methyl sites for hydroxylation is 1. The Hall–Kier alpha value is -2.87. The molecule has 0 aliphatic carbocycles. The van der Waals surface area contributed by atoms with Gasteiger partial charge in [0.15, 0.2) is 9.84 Å². The zero-order valence-corrected chi connectivity index (χ0v) is 20.4. The first-order valence-corrected chi connectivity index (χ1v) is 12.7. The molecule has 2 heterocycles. The quantitative estimate of drug-likeness (QED) is 0.691. The highest BCUT2D eigenvalue weighted by Gasteiger charge is 2.45. The highest BCUT2D eigenvalue weighted by atomic mass is 32.2. The molecule has 2 amide bonds. The summed E-state index contributed by atoms with van der Waals surface area (Å²) in [5.41, 5.74) is 2.61. The predicted octanol–water partition coefficient (Wildman–Crippen LogP) is 3.02. The van der Waals surface area contributed by atoms with Crippen LogP contribution in [0.1, 0.15) is 32.8 Å². The summed E-state index contributed by atoms with van der Waals surface area (Å²) in [7, 11) is -3.73. The number of carbonyl (C=O) groups is 2. The van der Waals surface area contributed by atoms with Gasteiger partial charge in [-0.05, 0) is 57.5 Å². The summed E-state index contributed by atoms with van der Waals surface area (Å²) in [5.74, 6) is -0.528. The first kappa shape index (κ1) is 23.3. The van der Waals surface area contributed by atoms with Gasteiger partial charge in [0.25, 0.3) is 0 Å². The summed E-state index contributed by atoms with van der Waals surface area (Å²) in [4.78, 5) is 31.9. The Morgan fingerprint density at radius 2 is 1.82 bits per heavy atom. The van der Waals surface area contributed by atoms with E-state index in [0.29, 0.717) is 19.6 Å². The van der Waals surface area contributed by atoms with Gasteiger partial charge in [0.05, 0.1) is 15.3 Å². The number of rotatable bonds is 3. The first-order chi connectivity index (χ1) is 15.5. The lowest BCUT2D eigenvalue weighted by Gasteiger charge is -2.42. The Labute approximate surface area is 195 Å². The first-order valence-electron chi connectivity index (χ1n) is 11.3. The molecule has 1 fully saturated rings. The van der Waals surface area contributed by atoms with Crippen LogP contribution in [0.4, 0.5) is 11.4 Å². The van der Waals surface area contributed by atoms with Crippen molar-refractivity contribution in [2.24, 2.45) is 0 Å². The van der Waals surface area contributed by atoms with Crippen LogP contribution in [0.15, 0.2) is 53.4 Å². The Balaban J connectivity index is 1.54. The van der Waals surface area contributed by atoms with Gasteiger partial charge >= 0.3 is 0 Å². The minimum atomic E-state index is -3.73. The molecule has 0 radical (unpaired) electrons. The molecule has 1 saturated heterocycles. The monoisotopic (exact) mass is 469 g/mol. The number of piperazine rings is 1. The van der Waals surface area contributed by atoms with Crippen molar-refractivity contribution in [3.05, 3.63) is 54.1 Å². The number of sulfone groups is 1. The number of nitrogens with zero attached hydrogens (tertiary/aromatic N) is 3. The largest absolute Gasteiger partial charge is 0.365 e. The molecule has 0 aromatic heterocycles. The summed E-state index contributed by atoms with van der Waals surface area (Å²) in [6, 6.07) is 14.9. The topological polar surface area (TPSA) is 78.0 Å². The maximum Gasteiger partial charge on any atom is 0.242 e. The fraction of sp³-hybridized carbons (Fsp3) is 0.440. The molecular formula is C25H31N3O4S. The van der Waals surface area contributed by atoms with Crippen LogP contribution < -0.4 is 9.80 Å². The van der Waals surface area contributed by atoms with Crippen molar-refractivity contribution in [1.82, 2.24) is 4.90 Å². The minimum Gasteiger partial charge on any atom is -0.365 e. The predicted molar refractivity (Wildman–Crippen MR) is 129 cm³/mol. The smallest absolute Gasteiger partial charge is 0.242 e. The summed E-state index contributed by atoms with van der Waals surface area (Å²) in [5, 5.41) is 0. The van der Waals surface area contributed by atoms with Crippen LogP contribution in [-0.2, 0) is 19.4 Å². The van der Waals surface area contributed by atoms with Crippen LogP contribution in [0.25, 0.3) is 0 Å². The second-order valence-electron chi connectivity index (χ2n) is 9.61. The number of carbonyl (C=O) groups excluding carboxylic acids is 2. The molecule has 4 rings (SSSR count). The lowest BCUT2D eigenvalue weighted by molar-refractivity contribution is -0.132. The van der Waals surface area contributed by atoms with E-state index in [1.165, 1.54) is 16.5 Å². The van der Waals surface area contributed by atoms with Crippen LogP contribution >= 0.6 is 0 Å². The fourth-order valence-electron chi connectivity index (χ4n) is 4.68. The fourth-order valence-corrected chi connectivity index (χ4v) is 6.30. The second kappa shape index (κ2) is 8.48. The van der Waals surface area contributed by atoms with Crippen molar-refractivity contribution in [2.75, 3.05) is 36.0 Å². The van der Waals surface area contributed by atoms with Gasteiger partial charge in [0.1, 0.15) is 6.54 Å². The van der Waals surface area contributed by atoms with Gasteiger partial charge in [0, 0.05) is 37.8 Å². The molecule has 2 aliphatic rings. The van der Waals surface area contributed by atoms with Gasteiger partial charge in [0.2, 0.25) is 11.8 Å². The van der Waals surface area contributed by atoms with Gasteiger partial charge in [-0.15, -0.1) is 0 Å². The van der Waals surface area contributed by atoms with Crippen LogP contribution in [0, 0.1) is 6.92 Å². The molecule has 2 aliphatic heterocycles. The lowest BCUT2D eigenvalue weighted by atomic mass is 10.1. The highest BCUT2D eigenvalue weighted by Crippen LogP contribution is 2.38. The zero-order valence-electron chi connectivity index (χ0n) is 19.6. The molecule has 176 valence electrons. The van der Waals surface area contributed by atoms with Crippen molar-refractivity contribution in [1.29, 1.82) is 0 Å². The molecule has 33 heavy (non-hydrogen) atoms. The molecule has 0 spiro atoms. The number of anilines is 2. The van der Waals surface area contributed by atoms with Crippen molar-refractivity contribution in [3.8, 4) is 0 Å². The van der Waals surface area contributed by atoms with Crippen molar-refractivity contribution in [2.45, 2.75) is 49.8 Å². The normalized spacial score (nSPS) is 22.0. The van der Waals surface area contributed by atoms with Crippen LogP contribution in [0.2, 0.25) is 0 Å². The zero-order chi connectivity index (χ0) is 24.0. The molecule has 0 bridgehead atoms. The van der Waals surface area contributed by atoms with E-state index in [9.17, 15) is 18.0 Å². The number of fused-ring (bicyclic) bond motifs is 1. The van der Waals surface area contributed by atoms with E-state index >= 15 is 0 Å². The van der Waals surface area contributed by atoms with E-state index < -0.39 is 14.6 Å². The van der Waals surface area contributed by atoms with E-state index in [4.69, 9.17) is 0 Å². The van der Waals surface area contributed by atoms with Gasteiger partial charge in [-0.25, -0.2) is 8.42 Å². The molecule has 0 N–H and O–H groups in total. The number of hydrogen-bond acceptors (Lipinski definition) is 5. The molecule has 0 saturated carbocycles. The highest BCUT2D eigenvalue weighted by molar-refractivity contribution is 7.93. The average Bonchev–Trinajstić information content (AvgIpc) is 2.81. The van der Waals surface area contributed by atoms with Crippen LogP contribution in [0.5, 0.6) is 0 Å². The average molecular weight is 470 g/mol. The Kier molecular flexibility index (Phi) is 5.99. The van der Waals surface area contributed by atoms with Crippen LogP contribution in [-0.4, -0.2) is 62.1 Å². The lowest BCUT2D eigenvalue weighted by Crippen LogP contribution is -2.56. The van der Waals surface area contributed by atoms with Crippen molar-refractivity contribution in [3.63, 3.8) is 0 Å². The summed E-state index contributed by atoms with van der Waals surface area (Å²) in [6.07, 6.45) is -0.172. The third-order valence-corrected chi connectivity index (χ3v) is 9.18. The van der Waals surface area contributed by atoms with E-state index in [-0.39, 0.29) is 41.4 Å². The van der Waals surface area contributed by atoms with E-state index in [1.54, 1.807) is 36.9 Å². The molecule has 1 unspecified atom stereocenters. The third kappa shape index (κ3) is 4.24. The van der Waals surface area contributed by atoms with Crippen molar-refractivity contribution >= 4 is 33.0 Å². The molecule has 2 aromatic rings. The van der Waals surface area contributed by atoms with Gasteiger partial charge < -0.3 is 14.7 Å². The number of para-hydroxylation sites is 1. The summed E-state index contributed by atoms with van der Waals surface area (Å²) >= 11 is 0. The number of hydrogen-bond donors (Lipinski definition) is 0. The summed E-state index contributed by atoms with van der Waals surface area (Å²) < 4.78 is 25.1. The third-order valence-electron chi connectivity index (χ3n) is 6.66. The van der Waals surface area contributed by atoms with Crippen molar-refractivity contribution < 1.29 is 18.0 Å². The van der Waals surface area contributed by atoms with E-state index in [0.717, 1.165) is 5.69 Å². The molecular weight excluding hydrogens is 438 g/mol. The molecule has 8 heteroatoms. The maximum absolute atomic E-state index is 13.3. The van der Waals surface area contributed by atoms with E-state index in [1.807, 2.05) is 6.07 Å². The molecule has 2 aromatic carbocycles. The van der Waals surface area contributed by atoms with Gasteiger partial charge in [-0.2, -0.15) is 0 Å². The number of benzene rings is 2. The summed E-state index contributed by atoms with van der Waals surface area (Å²) in [6.45, 7) is 8.89. The standard InChI is InChI=1S/C25H31N3O4S/c1-18-8-7-9-20(14-18)27-13-12-26(16-19(27)2)24(30)17-28-21-10-5-6-11-22(21)33(31,32)25(3,4)15-23(28)29/h5-11,14,19H,12-13,15-17H2,1-4H3. The SMILES string of the molecule is Cc1cccc(N2CCN(C(=O)CN3C(=O)CC(C)(C)S(=O)(=O)c4ccccc43)CC2C)c1. The Morgan fingerprint density at radius 3 is 2.52 bits per heavy atom. The minimum absolute atomic E-state index is 0.103. The van der Waals surface area contributed by atoms with E-state index in [2.05, 4.69) is 36.9 Å². The van der Waals surface area contributed by atoms with Gasteiger partial charge in [-0.1, -0.05) is 24.3 Å². The molecule has 1 atom stereocenters. The Morgan fingerprint density at radius 1 is 1.09 bits per heavy atom. The number of amides is 2. The molecule has 7 nitrogen and oxygen atoms in total. The van der Waals surface area contributed by atoms with Crippen LogP contribution in [0.3, 0.4) is 0 Å². The Bertz CT molecular complexity index is 1190.